The van der Waals surface area contributed by atoms with Gasteiger partial charge in [-0.05, 0) is 31.0 Å². The molecule has 0 atom stereocenters. The van der Waals surface area contributed by atoms with Gasteiger partial charge in [0, 0.05) is 6.04 Å². The molecule has 19 heavy (non-hydrogen) atoms. The Kier molecular flexibility index (Phi) is 3.63. The molecular formula is C11H14N2O5S. The van der Waals surface area contributed by atoms with Gasteiger partial charge in [-0.3, -0.25) is 4.72 Å². The number of rotatable bonds is 6. The predicted octanol–water partition coefficient (Wildman–Crippen LogP) is 0.802. The summed E-state index contributed by atoms with van der Waals surface area (Å²) in [5.74, 6) is -0.885. The van der Waals surface area contributed by atoms with E-state index in [4.69, 9.17) is 9.84 Å². The van der Waals surface area contributed by atoms with E-state index >= 15 is 0 Å². The number of carbonyl (C=O) groups is 1. The average Bonchev–Trinajstić information content (AvgIpc) is 3.11. The zero-order valence-electron chi connectivity index (χ0n) is 10.2. The van der Waals surface area contributed by atoms with Crippen molar-refractivity contribution in [2.24, 2.45) is 0 Å². The van der Waals surface area contributed by atoms with Gasteiger partial charge in [0.1, 0.15) is 5.75 Å². The number of carboxylic acids is 1. The third kappa shape index (κ3) is 3.58. The molecule has 104 valence electrons. The molecule has 2 rings (SSSR count). The number of ether oxygens (including phenoxy) is 1. The Hall–Kier alpha value is -1.80. The van der Waals surface area contributed by atoms with E-state index in [0.717, 1.165) is 12.8 Å². The number of hydrogen-bond donors (Lipinski definition) is 3. The van der Waals surface area contributed by atoms with Gasteiger partial charge in [0.2, 0.25) is 0 Å². The normalized spacial score (nSPS) is 15.0. The SMILES string of the molecule is COc1ccc(C(=O)O)cc1NS(=O)(=O)NC1CC1. The fraction of sp³-hybridized carbons (Fsp3) is 0.364. The van der Waals surface area contributed by atoms with Crippen molar-refractivity contribution in [2.45, 2.75) is 18.9 Å². The summed E-state index contributed by atoms with van der Waals surface area (Å²) in [6.45, 7) is 0. The van der Waals surface area contributed by atoms with E-state index in [1.54, 1.807) is 0 Å². The quantitative estimate of drug-likeness (QED) is 0.717. The van der Waals surface area contributed by atoms with Crippen LogP contribution < -0.4 is 14.2 Å². The van der Waals surface area contributed by atoms with Crippen molar-refractivity contribution in [3.05, 3.63) is 23.8 Å². The number of methoxy groups -OCH3 is 1. The highest BCUT2D eigenvalue weighted by Crippen LogP contribution is 2.27. The van der Waals surface area contributed by atoms with Crippen LogP contribution in [-0.4, -0.2) is 32.6 Å². The lowest BCUT2D eigenvalue weighted by molar-refractivity contribution is 0.0697. The first-order valence-electron chi connectivity index (χ1n) is 5.62. The van der Waals surface area contributed by atoms with Crippen LogP contribution in [0.15, 0.2) is 18.2 Å². The van der Waals surface area contributed by atoms with Crippen LogP contribution in [0, 0.1) is 0 Å². The topological polar surface area (TPSA) is 105 Å². The maximum Gasteiger partial charge on any atom is 0.335 e. The standard InChI is InChI=1S/C11H14N2O5S/c1-18-10-5-2-7(11(14)15)6-9(10)13-19(16,17)12-8-3-4-8/h2,5-6,8,12-13H,3-4H2,1H3,(H,14,15). The summed E-state index contributed by atoms with van der Waals surface area (Å²) in [5, 5.41) is 8.89. The molecule has 1 aliphatic rings. The Morgan fingerprint density at radius 2 is 2.11 bits per heavy atom. The van der Waals surface area contributed by atoms with Crippen molar-refractivity contribution < 1.29 is 23.1 Å². The summed E-state index contributed by atoms with van der Waals surface area (Å²) in [6.07, 6.45) is 1.63. The first kappa shape index (κ1) is 13.6. The maximum absolute atomic E-state index is 11.8. The van der Waals surface area contributed by atoms with E-state index in [2.05, 4.69) is 9.44 Å². The Bertz CT molecular complexity index is 595. The summed E-state index contributed by atoms with van der Waals surface area (Å²) >= 11 is 0. The van der Waals surface area contributed by atoms with Gasteiger partial charge < -0.3 is 9.84 Å². The molecule has 8 heteroatoms. The van der Waals surface area contributed by atoms with E-state index in [9.17, 15) is 13.2 Å². The minimum atomic E-state index is -3.72. The molecule has 1 aliphatic carbocycles. The van der Waals surface area contributed by atoms with Crippen LogP contribution in [0.4, 0.5) is 5.69 Å². The molecule has 0 radical (unpaired) electrons. The third-order valence-corrected chi connectivity index (χ3v) is 3.72. The number of anilines is 1. The Morgan fingerprint density at radius 3 is 2.63 bits per heavy atom. The van der Waals surface area contributed by atoms with Crippen LogP contribution >= 0.6 is 0 Å². The first-order valence-corrected chi connectivity index (χ1v) is 7.11. The van der Waals surface area contributed by atoms with E-state index < -0.39 is 16.2 Å². The summed E-state index contributed by atoms with van der Waals surface area (Å²) in [4.78, 5) is 10.9. The Labute approximate surface area is 110 Å². The van der Waals surface area contributed by atoms with Crippen molar-refractivity contribution >= 4 is 21.9 Å². The van der Waals surface area contributed by atoms with Crippen molar-refractivity contribution in [3.8, 4) is 5.75 Å². The van der Waals surface area contributed by atoms with E-state index in [1.165, 1.54) is 25.3 Å². The molecule has 0 heterocycles. The molecule has 0 amide bonds. The number of nitrogens with one attached hydrogen (secondary N) is 2. The van der Waals surface area contributed by atoms with Crippen LogP contribution in [0.3, 0.4) is 0 Å². The van der Waals surface area contributed by atoms with Crippen LogP contribution in [0.2, 0.25) is 0 Å². The lowest BCUT2D eigenvalue weighted by atomic mass is 10.2. The molecule has 3 N–H and O–H groups in total. The molecule has 0 saturated heterocycles. The molecule has 0 unspecified atom stereocenters. The lowest BCUT2D eigenvalue weighted by Crippen LogP contribution is -2.31. The molecular weight excluding hydrogens is 272 g/mol. The molecule has 0 aromatic heterocycles. The van der Waals surface area contributed by atoms with E-state index in [1.807, 2.05) is 0 Å². The van der Waals surface area contributed by atoms with Gasteiger partial charge in [-0.1, -0.05) is 0 Å². The van der Waals surface area contributed by atoms with Gasteiger partial charge in [0.15, 0.2) is 0 Å². The highest BCUT2D eigenvalue weighted by atomic mass is 32.2. The van der Waals surface area contributed by atoms with Crippen LogP contribution in [0.5, 0.6) is 5.75 Å². The molecule has 0 aliphatic heterocycles. The first-order chi connectivity index (χ1) is 8.91. The van der Waals surface area contributed by atoms with Gasteiger partial charge >= 0.3 is 5.97 Å². The average molecular weight is 286 g/mol. The van der Waals surface area contributed by atoms with Gasteiger partial charge in [-0.25, -0.2) is 4.79 Å². The molecule has 0 spiro atoms. The highest BCUT2D eigenvalue weighted by molar-refractivity contribution is 7.90. The molecule has 1 fully saturated rings. The fourth-order valence-corrected chi connectivity index (χ4v) is 2.70. The van der Waals surface area contributed by atoms with Gasteiger partial charge in [0.05, 0.1) is 18.4 Å². The van der Waals surface area contributed by atoms with Crippen molar-refractivity contribution in [1.82, 2.24) is 4.72 Å². The highest BCUT2D eigenvalue weighted by Gasteiger charge is 2.27. The number of hydrogen-bond acceptors (Lipinski definition) is 4. The zero-order valence-corrected chi connectivity index (χ0v) is 11.0. The van der Waals surface area contributed by atoms with Crippen LogP contribution in [-0.2, 0) is 10.2 Å². The van der Waals surface area contributed by atoms with Crippen LogP contribution in [0.25, 0.3) is 0 Å². The van der Waals surface area contributed by atoms with Crippen LogP contribution in [0.1, 0.15) is 23.2 Å². The van der Waals surface area contributed by atoms with Gasteiger partial charge in [-0.15, -0.1) is 0 Å². The minimum Gasteiger partial charge on any atom is -0.495 e. The zero-order chi connectivity index (χ0) is 14.0. The fourth-order valence-electron chi connectivity index (χ4n) is 1.52. The largest absolute Gasteiger partial charge is 0.495 e. The summed E-state index contributed by atoms with van der Waals surface area (Å²) in [7, 11) is -2.34. The predicted molar refractivity (Wildman–Crippen MR) is 68.7 cm³/mol. The number of carboxylic acid groups (broad SMARTS) is 1. The van der Waals surface area contributed by atoms with Gasteiger partial charge in [0.25, 0.3) is 10.2 Å². The summed E-state index contributed by atoms with van der Waals surface area (Å²) in [5.41, 5.74) is 0.0699. The van der Waals surface area contributed by atoms with E-state index in [-0.39, 0.29) is 23.0 Å². The molecule has 1 aromatic rings. The minimum absolute atomic E-state index is 0.0232. The second-order valence-corrected chi connectivity index (χ2v) is 5.66. The lowest BCUT2D eigenvalue weighted by Gasteiger charge is -2.12. The van der Waals surface area contributed by atoms with E-state index in [0.29, 0.717) is 0 Å². The van der Waals surface area contributed by atoms with Crippen molar-refractivity contribution in [1.29, 1.82) is 0 Å². The smallest absolute Gasteiger partial charge is 0.335 e. The molecule has 0 bridgehead atoms. The molecule has 1 aromatic carbocycles. The molecule has 7 nitrogen and oxygen atoms in total. The number of benzene rings is 1. The monoisotopic (exact) mass is 286 g/mol. The third-order valence-electron chi connectivity index (χ3n) is 2.59. The Balaban J connectivity index is 2.26. The maximum atomic E-state index is 11.8. The van der Waals surface area contributed by atoms with Gasteiger partial charge in [-0.2, -0.15) is 13.1 Å². The van der Waals surface area contributed by atoms with Crippen molar-refractivity contribution in [3.63, 3.8) is 0 Å². The van der Waals surface area contributed by atoms with Crippen molar-refractivity contribution in [2.75, 3.05) is 11.8 Å². The summed E-state index contributed by atoms with van der Waals surface area (Å²) < 4.78 is 33.3. The summed E-state index contributed by atoms with van der Waals surface area (Å²) in [6, 6.07) is 3.92. The second-order valence-electron chi connectivity index (χ2n) is 4.22. The second kappa shape index (κ2) is 5.06. The molecule has 1 saturated carbocycles. The number of aromatic carboxylic acids is 1. The Morgan fingerprint density at radius 1 is 1.42 bits per heavy atom.